The molecular weight excluding hydrogens is 301 g/mol. The van der Waals surface area contributed by atoms with Crippen LogP contribution in [0.15, 0.2) is 33.6 Å². The summed E-state index contributed by atoms with van der Waals surface area (Å²) in [4.78, 5) is 12.8. The van der Waals surface area contributed by atoms with E-state index in [2.05, 4.69) is 6.07 Å². The van der Waals surface area contributed by atoms with Crippen molar-refractivity contribution in [2.75, 3.05) is 0 Å². The first-order chi connectivity index (χ1) is 8.97. The van der Waals surface area contributed by atoms with Crippen LogP contribution >= 0.6 is 34.5 Å². The molecular formula is C14H13Cl2NOS. The number of hydrogen-bond donors (Lipinski definition) is 0. The van der Waals surface area contributed by atoms with E-state index in [0.29, 0.717) is 6.54 Å². The zero-order valence-corrected chi connectivity index (χ0v) is 12.9. The first-order valence-electron chi connectivity index (χ1n) is 5.76. The average molecular weight is 314 g/mol. The van der Waals surface area contributed by atoms with Crippen LogP contribution in [0.1, 0.15) is 21.7 Å². The molecule has 100 valence electrons. The molecule has 0 amide bonds. The minimum Gasteiger partial charge on any atom is -0.298 e. The Hall–Kier alpha value is -1.03. The van der Waals surface area contributed by atoms with Crippen LogP contribution in [-0.4, -0.2) is 4.57 Å². The fourth-order valence-corrected chi connectivity index (χ4v) is 3.18. The van der Waals surface area contributed by atoms with Crippen molar-refractivity contribution in [2.45, 2.75) is 20.4 Å². The summed E-state index contributed by atoms with van der Waals surface area (Å²) in [6.07, 6.45) is 1.61. The molecule has 1 heterocycles. The van der Waals surface area contributed by atoms with Gasteiger partial charge < -0.3 is 0 Å². The SMILES string of the molecule is Cc1cccc(Cn2c(C)c(C=C(Cl)Cl)sc2=O)c1. The molecule has 2 rings (SSSR count). The largest absolute Gasteiger partial charge is 0.308 e. The third-order valence-corrected chi connectivity index (χ3v) is 4.09. The second kappa shape index (κ2) is 5.95. The zero-order valence-electron chi connectivity index (χ0n) is 10.6. The molecule has 0 unspecified atom stereocenters. The van der Waals surface area contributed by atoms with E-state index in [4.69, 9.17) is 23.2 Å². The van der Waals surface area contributed by atoms with Crippen molar-refractivity contribution in [1.29, 1.82) is 0 Å². The highest BCUT2D eigenvalue weighted by molar-refractivity contribution is 7.10. The van der Waals surface area contributed by atoms with Gasteiger partial charge >= 0.3 is 4.87 Å². The van der Waals surface area contributed by atoms with E-state index in [-0.39, 0.29) is 9.36 Å². The molecule has 0 saturated carbocycles. The summed E-state index contributed by atoms with van der Waals surface area (Å²) < 4.78 is 1.90. The van der Waals surface area contributed by atoms with Gasteiger partial charge in [0.05, 0.1) is 11.4 Å². The minimum absolute atomic E-state index is 0.000149. The van der Waals surface area contributed by atoms with Gasteiger partial charge in [0.2, 0.25) is 0 Å². The number of benzene rings is 1. The lowest BCUT2D eigenvalue weighted by Crippen LogP contribution is -2.15. The van der Waals surface area contributed by atoms with Gasteiger partial charge in [-0.1, -0.05) is 64.4 Å². The molecule has 0 atom stereocenters. The summed E-state index contributed by atoms with van der Waals surface area (Å²) in [6, 6.07) is 8.12. The van der Waals surface area contributed by atoms with Gasteiger partial charge in [-0.25, -0.2) is 0 Å². The van der Waals surface area contributed by atoms with Crippen LogP contribution in [-0.2, 0) is 6.54 Å². The van der Waals surface area contributed by atoms with Gasteiger partial charge in [0.15, 0.2) is 0 Å². The Morgan fingerprint density at radius 2 is 2.11 bits per heavy atom. The molecule has 0 radical (unpaired) electrons. The minimum atomic E-state index is -0.000149. The molecule has 5 heteroatoms. The first kappa shape index (κ1) is 14.4. The zero-order chi connectivity index (χ0) is 14.0. The van der Waals surface area contributed by atoms with Crippen LogP contribution < -0.4 is 4.87 Å². The van der Waals surface area contributed by atoms with Crippen LogP contribution in [0.3, 0.4) is 0 Å². The molecule has 0 bridgehead atoms. The van der Waals surface area contributed by atoms with Crippen LogP contribution in [0.2, 0.25) is 0 Å². The third kappa shape index (κ3) is 3.50. The average Bonchev–Trinajstić information content (AvgIpc) is 2.56. The van der Waals surface area contributed by atoms with Gasteiger partial charge in [0.25, 0.3) is 0 Å². The van der Waals surface area contributed by atoms with E-state index in [9.17, 15) is 4.79 Å². The highest BCUT2D eigenvalue weighted by Crippen LogP contribution is 2.20. The van der Waals surface area contributed by atoms with E-state index in [1.807, 2.05) is 32.0 Å². The molecule has 0 aliphatic rings. The molecule has 0 spiro atoms. The number of nitrogens with zero attached hydrogens (tertiary/aromatic N) is 1. The Morgan fingerprint density at radius 3 is 2.74 bits per heavy atom. The molecule has 0 aliphatic carbocycles. The van der Waals surface area contributed by atoms with Gasteiger partial charge in [-0.3, -0.25) is 9.36 Å². The molecule has 19 heavy (non-hydrogen) atoms. The number of halogens is 2. The fourth-order valence-electron chi connectivity index (χ4n) is 1.90. The van der Waals surface area contributed by atoms with Gasteiger partial charge in [-0.15, -0.1) is 0 Å². The topological polar surface area (TPSA) is 22.0 Å². The van der Waals surface area contributed by atoms with E-state index >= 15 is 0 Å². The normalized spacial score (nSPS) is 10.5. The molecule has 0 aliphatic heterocycles. The fraction of sp³-hybridized carbons (Fsp3) is 0.214. The van der Waals surface area contributed by atoms with Crippen molar-refractivity contribution in [3.8, 4) is 0 Å². The summed E-state index contributed by atoms with van der Waals surface area (Å²) >= 11 is 12.5. The molecule has 0 fully saturated rings. The second-order valence-corrected chi connectivity index (χ2v) is 6.33. The lowest BCUT2D eigenvalue weighted by Gasteiger charge is -2.06. The maximum absolute atomic E-state index is 12.0. The maximum atomic E-state index is 12.0. The predicted molar refractivity (Wildman–Crippen MR) is 83.3 cm³/mol. The van der Waals surface area contributed by atoms with E-state index in [1.54, 1.807) is 10.6 Å². The predicted octanol–water partition coefficient (Wildman–Crippen LogP) is 4.35. The Bertz CT molecular complexity index is 681. The maximum Gasteiger partial charge on any atom is 0.308 e. The van der Waals surface area contributed by atoms with E-state index < -0.39 is 0 Å². The molecule has 2 nitrogen and oxygen atoms in total. The van der Waals surface area contributed by atoms with Crippen molar-refractivity contribution >= 4 is 40.6 Å². The van der Waals surface area contributed by atoms with Gasteiger partial charge in [-0.05, 0) is 25.5 Å². The van der Waals surface area contributed by atoms with Crippen molar-refractivity contribution in [3.63, 3.8) is 0 Å². The van der Waals surface area contributed by atoms with Crippen molar-refractivity contribution < 1.29 is 0 Å². The van der Waals surface area contributed by atoms with E-state index in [1.165, 1.54) is 5.56 Å². The van der Waals surface area contributed by atoms with Crippen LogP contribution in [0.25, 0.3) is 6.08 Å². The number of thiazole rings is 1. The molecule has 2 aromatic rings. The summed E-state index contributed by atoms with van der Waals surface area (Å²) in [5, 5.41) is 0. The van der Waals surface area contributed by atoms with Crippen LogP contribution in [0, 0.1) is 13.8 Å². The monoisotopic (exact) mass is 313 g/mol. The number of rotatable bonds is 3. The smallest absolute Gasteiger partial charge is 0.298 e. The van der Waals surface area contributed by atoms with Crippen molar-refractivity contribution in [3.05, 3.63) is 60.1 Å². The third-order valence-electron chi connectivity index (χ3n) is 2.84. The highest BCUT2D eigenvalue weighted by atomic mass is 35.5. The summed E-state index contributed by atoms with van der Waals surface area (Å²) in [5.74, 6) is 0. The number of hydrogen-bond acceptors (Lipinski definition) is 2. The Kier molecular flexibility index (Phi) is 4.50. The second-order valence-electron chi connectivity index (χ2n) is 4.33. The lowest BCUT2D eigenvalue weighted by molar-refractivity contribution is 0.753. The summed E-state index contributed by atoms with van der Waals surface area (Å²) in [5.41, 5.74) is 3.17. The molecule has 0 N–H and O–H groups in total. The molecule has 0 saturated heterocycles. The number of aryl methyl sites for hydroxylation is 1. The summed E-state index contributed by atoms with van der Waals surface area (Å²) in [6.45, 7) is 4.50. The Labute approximate surface area is 125 Å². The number of aromatic nitrogens is 1. The van der Waals surface area contributed by atoms with Gasteiger partial charge in [0.1, 0.15) is 4.49 Å². The van der Waals surface area contributed by atoms with Gasteiger partial charge in [-0.2, -0.15) is 0 Å². The van der Waals surface area contributed by atoms with Crippen LogP contribution in [0.5, 0.6) is 0 Å². The Morgan fingerprint density at radius 1 is 1.37 bits per heavy atom. The molecule has 1 aromatic heterocycles. The van der Waals surface area contributed by atoms with Crippen molar-refractivity contribution in [2.24, 2.45) is 0 Å². The first-order valence-corrected chi connectivity index (χ1v) is 7.33. The standard InChI is InChI=1S/C14H13Cl2NOS/c1-9-4-3-5-11(6-9)8-17-10(2)12(7-13(15)16)19-14(17)18/h3-7H,8H2,1-2H3. The van der Waals surface area contributed by atoms with Crippen LogP contribution in [0.4, 0.5) is 0 Å². The van der Waals surface area contributed by atoms with Crippen molar-refractivity contribution in [1.82, 2.24) is 4.57 Å². The summed E-state index contributed by atoms with van der Waals surface area (Å²) in [7, 11) is 0. The Balaban J connectivity index is 2.39. The quantitative estimate of drug-likeness (QED) is 0.825. The highest BCUT2D eigenvalue weighted by Gasteiger charge is 2.10. The van der Waals surface area contributed by atoms with E-state index in [0.717, 1.165) is 27.5 Å². The lowest BCUT2D eigenvalue weighted by atomic mass is 10.1. The van der Waals surface area contributed by atoms with Gasteiger partial charge in [0, 0.05) is 5.69 Å². The molecule has 1 aromatic carbocycles.